The molecule has 0 aliphatic carbocycles. The summed E-state index contributed by atoms with van der Waals surface area (Å²) in [5, 5.41) is 24.9. The lowest BCUT2D eigenvalue weighted by Gasteiger charge is -2.26. The summed E-state index contributed by atoms with van der Waals surface area (Å²) in [6.45, 7) is 51.3. The number of anilines is 12. The summed E-state index contributed by atoms with van der Waals surface area (Å²) in [6.07, 6.45) is 10.2. The summed E-state index contributed by atoms with van der Waals surface area (Å²) < 4.78 is 0. The van der Waals surface area contributed by atoms with Gasteiger partial charge in [-0.15, -0.1) is 0 Å². The highest BCUT2D eigenvalue weighted by Crippen LogP contribution is 2.35. The van der Waals surface area contributed by atoms with E-state index >= 15 is 0 Å². The number of benzene rings is 8. The molecule has 3 aliphatic heterocycles. The van der Waals surface area contributed by atoms with E-state index in [1.807, 2.05) is 65.0 Å². The summed E-state index contributed by atoms with van der Waals surface area (Å²) in [4.78, 5) is 31.6. The van der Waals surface area contributed by atoms with Crippen molar-refractivity contribution < 1.29 is 9.85 Å². The number of alkyl halides is 4. The number of nitro benzene ring substituents is 2. The molecule has 22 heteroatoms. The van der Waals surface area contributed by atoms with Gasteiger partial charge in [0.2, 0.25) is 0 Å². The Bertz CT molecular complexity index is 3940. The molecule has 0 aromatic heterocycles. The Hall–Kier alpha value is -7.92. The van der Waals surface area contributed by atoms with Crippen LogP contribution in [0.25, 0.3) is 0 Å². The van der Waals surface area contributed by atoms with Gasteiger partial charge in [-0.2, -0.15) is 0 Å². The number of nitrogen functional groups attached to an aromatic ring is 7. The van der Waals surface area contributed by atoms with Crippen LogP contribution in [0.2, 0.25) is 0 Å². The summed E-state index contributed by atoms with van der Waals surface area (Å²) in [7, 11) is 0. The van der Waals surface area contributed by atoms with Gasteiger partial charge in [-0.1, -0.05) is 177 Å². The van der Waals surface area contributed by atoms with Crippen LogP contribution in [0.5, 0.6) is 0 Å². The molecule has 0 unspecified atom stereocenters. The van der Waals surface area contributed by atoms with Gasteiger partial charge in [-0.05, 0) is 304 Å². The second-order valence-electron chi connectivity index (χ2n) is 28.4. The van der Waals surface area contributed by atoms with Crippen LogP contribution in [-0.2, 0) is 0 Å². The molecule has 0 radical (unpaired) electrons. The van der Waals surface area contributed by atoms with Crippen LogP contribution in [0.1, 0.15) is 222 Å². The van der Waals surface area contributed by atoms with Gasteiger partial charge < -0.3 is 64.6 Å². The highest BCUT2D eigenvalue weighted by Gasteiger charge is 2.20. The van der Waals surface area contributed by atoms with E-state index in [0.29, 0.717) is 5.69 Å². The van der Waals surface area contributed by atoms with Crippen molar-refractivity contribution in [3.8, 4) is 0 Å². The topological polar surface area (TPSA) is 285 Å². The highest BCUT2D eigenvalue weighted by atomic mass is 79.9. The third-order valence-corrected chi connectivity index (χ3v) is 21.8. The zero-order chi connectivity index (χ0) is 83.8. The average molecular weight is 1910 g/mol. The molecule has 8 aromatic rings. The maximum Gasteiger partial charge on any atom is 0.269 e. The monoisotopic (exact) mass is 1910 g/mol. The van der Waals surface area contributed by atoms with Crippen molar-refractivity contribution in [2.75, 3.05) is 151 Å². The molecule has 0 atom stereocenters. The van der Waals surface area contributed by atoms with Crippen LogP contribution in [0.3, 0.4) is 0 Å². The van der Waals surface area contributed by atoms with Crippen LogP contribution in [0.15, 0.2) is 115 Å². The average Bonchev–Trinajstić information content (AvgIpc) is 0.933. The largest absolute Gasteiger partial charge is 0.399 e. The maximum absolute atomic E-state index is 10.4. The minimum Gasteiger partial charge on any atom is -0.399 e. The first-order valence-electron chi connectivity index (χ1n) is 38.9. The number of rotatable bonds is 15. The molecule has 18 nitrogen and oxygen atoms in total. The number of halogens is 4. The van der Waals surface area contributed by atoms with Crippen molar-refractivity contribution in [2.24, 2.45) is 0 Å². The molecule has 3 heterocycles. The minimum absolute atomic E-state index is 0. The predicted octanol–water partition coefficient (Wildman–Crippen LogP) is 27.9. The molecule has 3 saturated heterocycles. The quantitative estimate of drug-likeness (QED) is 0.0217. The van der Waals surface area contributed by atoms with Crippen LogP contribution in [-0.4, -0.2) is 96.6 Å². The van der Waals surface area contributed by atoms with E-state index in [1.54, 1.807) is 12.1 Å². The number of nitrogens with two attached hydrogens (primary N) is 7. The van der Waals surface area contributed by atoms with E-state index in [1.165, 1.54) is 191 Å². The van der Waals surface area contributed by atoms with Gasteiger partial charge in [-0.3, -0.25) is 20.2 Å². The van der Waals surface area contributed by atoms with Gasteiger partial charge in [0, 0.05) is 179 Å². The van der Waals surface area contributed by atoms with Crippen LogP contribution in [0.4, 0.5) is 79.6 Å². The van der Waals surface area contributed by atoms with E-state index in [0.717, 1.165) is 117 Å². The first-order chi connectivity index (χ1) is 52.5. The van der Waals surface area contributed by atoms with E-state index in [2.05, 4.69) is 234 Å². The Morgan fingerprint density at radius 2 is 0.563 bits per heavy atom. The minimum atomic E-state index is -0.459. The van der Waals surface area contributed by atoms with Gasteiger partial charge >= 0.3 is 0 Å². The van der Waals surface area contributed by atoms with Crippen molar-refractivity contribution >= 4 is 143 Å². The Morgan fingerprint density at radius 1 is 0.319 bits per heavy atom. The van der Waals surface area contributed by atoms with Crippen LogP contribution < -0.4 is 64.6 Å². The molecule has 119 heavy (non-hydrogen) atoms. The fraction of sp³-hybridized carbons (Fsp3) is 0.505. The molecule has 14 N–H and O–H groups in total. The van der Waals surface area contributed by atoms with Crippen molar-refractivity contribution in [2.45, 2.75) is 242 Å². The maximum atomic E-state index is 10.4. The summed E-state index contributed by atoms with van der Waals surface area (Å²) in [5.74, 6) is 0. The molecule has 3 fully saturated rings. The molecular formula is C97H166Br4N14O4. The lowest BCUT2D eigenvalue weighted by atomic mass is 10.0. The van der Waals surface area contributed by atoms with Crippen molar-refractivity contribution in [3.63, 3.8) is 0 Å². The van der Waals surface area contributed by atoms with Gasteiger partial charge in [0.25, 0.3) is 11.4 Å². The molecule has 11 rings (SSSR count). The van der Waals surface area contributed by atoms with Crippen molar-refractivity contribution in [1.29, 1.82) is 0 Å². The first kappa shape index (κ1) is 124. The van der Waals surface area contributed by atoms with E-state index in [9.17, 15) is 20.2 Å². The number of hydrogen-bond donors (Lipinski definition) is 7. The predicted molar refractivity (Wildman–Crippen MR) is 557 cm³/mol. The summed E-state index contributed by atoms with van der Waals surface area (Å²) in [6, 6.07) is 35.8. The van der Waals surface area contributed by atoms with Gasteiger partial charge in [0.05, 0.1) is 9.85 Å². The third-order valence-electron chi connectivity index (χ3n) is 19.6. The summed E-state index contributed by atoms with van der Waals surface area (Å²) in [5.41, 5.74) is 71.5. The number of non-ortho nitro benzene ring substituents is 2. The Labute approximate surface area is 760 Å². The van der Waals surface area contributed by atoms with Crippen LogP contribution >= 0.6 is 63.7 Å². The molecule has 0 saturated carbocycles. The molecule has 8 aromatic carbocycles. The van der Waals surface area contributed by atoms with Gasteiger partial charge in [0.1, 0.15) is 0 Å². The fourth-order valence-corrected chi connectivity index (χ4v) is 16.2. The molecule has 0 spiro atoms. The van der Waals surface area contributed by atoms with Gasteiger partial charge in [-0.25, -0.2) is 0 Å². The molecule has 0 bridgehead atoms. The normalized spacial score (nSPS) is 11.4. The zero-order valence-electron chi connectivity index (χ0n) is 70.3. The number of aryl methyl sites for hydroxylation is 12. The van der Waals surface area contributed by atoms with Gasteiger partial charge in [0.15, 0.2) is 0 Å². The standard InChI is InChI=1S/C13H20N2.C13H22N2.C13H21N.C10H12N2O2.C10H14N2.C9H14N2.C9H13N.C6H6N2O2.2C3H6Br2.8CH4/c1-9-8-10(2)13(11(3)12(9)14)15-6-4-5-7-15;1-6-15(7-2)13-10(4)8-9(3)12(14)11(13)5;1-6-14(7-2)13-11(4)8-10(3)9-12(13)5;13-12(14)10-5-3-9(4-6-10)11-7-1-2-8-11;11-9-3-5-10(6-4-9)12-7-1-2-8-12;1-5-4-6(2)9(11)7(3)8(5)10;1-6-4-7(2)9(10)8(3)5-6;7-5-1-3-6(4-2-5)8(9)10;2*4-2-1-3-5;;;;;;;;/h8H,4-7,14H2,1-3H3;8H,6-7,14H2,1-5H3;8-9H,6-7H2,1-5H3;3-6H,1-2,7-8H2;3-6H,1-2,7-8,11H2;4H,10-11H2,1-3H3;4-5H,10H2,1-3H3;1-4H,7H2;2*1-3H2;8*1H4. The van der Waals surface area contributed by atoms with E-state index in [-0.39, 0.29) is 75.7 Å². The lowest BCUT2D eigenvalue weighted by molar-refractivity contribution is -0.385. The number of nitrogens with zero attached hydrogens (tertiary/aromatic N) is 7. The number of hydrogen-bond acceptors (Lipinski definition) is 16. The SMILES string of the molecule is BrCCCBr.BrCCCBr.C.C.C.C.C.C.C.C.CCN(CC)c1c(C)cc(C)c(N)c1C.CCN(CC)c1c(C)cc(C)cc1C.Cc1cc(C)c(N)c(C)c1.Cc1cc(C)c(N)c(C)c1N.Cc1cc(C)c(N2CCCC2)c(C)c1N.Nc1ccc(N2CCCC2)cc1.Nc1ccc([N+](=O)[O-])cc1.O=[N+]([O-])c1ccc(N2CCCC2)cc1. The summed E-state index contributed by atoms with van der Waals surface area (Å²) >= 11 is 13.1. The van der Waals surface area contributed by atoms with Crippen LogP contribution in [0, 0.1) is 124 Å². The Morgan fingerprint density at radius 3 is 0.874 bits per heavy atom. The number of nitro groups is 2. The smallest absolute Gasteiger partial charge is 0.269 e. The lowest BCUT2D eigenvalue weighted by Crippen LogP contribution is -2.24. The first-order valence-corrected chi connectivity index (χ1v) is 43.4. The van der Waals surface area contributed by atoms with Crippen molar-refractivity contribution in [1.82, 2.24) is 0 Å². The molecule has 3 aliphatic rings. The Balaban J connectivity index is -0.000000235. The second-order valence-corrected chi connectivity index (χ2v) is 31.6. The molecule has 0 amide bonds. The molecular weight excluding hydrogens is 1740 g/mol. The second kappa shape index (κ2) is 65.8. The van der Waals surface area contributed by atoms with E-state index < -0.39 is 4.92 Å². The third kappa shape index (κ3) is 41.9. The highest BCUT2D eigenvalue weighted by molar-refractivity contribution is 9.10. The fourth-order valence-electron chi connectivity index (χ4n) is 13.6. The zero-order valence-corrected chi connectivity index (χ0v) is 76.7. The Kier molecular flexibility index (Phi) is 68.7. The molecule has 676 valence electrons. The van der Waals surface area contributed by atoms with E-state index in [4.69, 9.17) is 40.1 Å². The van der Waals surface area contributed by atoms with Crippen molar-refractivity contribution in [3.05, 3.63) is 219 Å².